The summed E-state index contributed by atoms with van der Waals surface area (Å²) in [5, 5.41) is 3.88. The summed E-state index contributed by atoms with van der Waals surface area (Å²) in [7, 11) is 0. The van der Waals surface area contributed by atoms with Gasteiger partial charge in [-0.3, -0.25) is 4.79 Å². The van der Waals surface area contributed by atoms with Gasteiger partial charge in [0.25, 0.3) is 5.91 Å². The number of likely N-dealkylation sites (tertiary alicyclic amines) is 1. The first kappa shape index (κ1) is 16.5. The molecule has 1 saturated heterocycles. The lowest BCUT2D eigenvalue weighted by molar-refractivity contribution is -0.143. The number of hydrogen-bond acceptors (Lipinski definition) is 2. The summed E-state index contributed by atoms with van der Waals surface area (Å²) in [6, 6.07) is 6.67. The molecule has 2 heterocycles. The van der Waals surface area contributed by atoms with Crippen molar-refractivity contribution >= 4 is 5.91 Å². The zero-order chi connectivity index (χ0) is 17.3. The van der Waals surface area contributed by atoms with Crippen molar-refractivity contribution in [2.45, 2.75) is 32.4 Å². The van der Waals surface area contributed by atoms with Crippen LogP contribution in [0, 0.1) is 6.92 Å². The van der Waals surface area contributed by atoms with Gasteiger partial charge < -0.3 is 4.90 Å². The Labute approximate surface area is 137 Å². The van der Waals surface area contributed by atoms with Crippen LogP contribution in [0.3, 0.4) is 0 Å². The molecule has 24 heavy (non-hydrogen) atoms. The highest BCUT2D eigenvalue weighted by Crippen LogP contribution is 2.35. The molecule has 1 aromatic carbocycles. The lowest BCUT2D eigenvalue weighted by Crippen LogP contribution is -2.36. The molecular weight excluding hydrogens is 319 g/mol. The third kappa shape index (κ3) is 3.02. The van der Waals surface area contributed by atoms with Crippen molar-refractivity contribution in [1.82, 2.24) is 14.7 Å². The molecule has 1 aliphatic rings. The lowest BCUT2D eigenvalue weighted by atomic mass is 10.1. The van der Waals surface area contributed by atoms with Gasteiger partial charge in [0.05, 0.1) is 17.4 Å². The largest absolute Gasteiger partial charge is 0.434 e. The van der Waals surface area contributed by atoms with E-state index < -0.39 is 17.8 Å². The van der Waals surface area contributed by atoms with Gasteiger partial charge in [-0.1, -0.05) is 18.2 Å². The van der Waals surface area contributed by atoms with Crippen LogP contribution in [-0.2, 0) is 6.18 Å². The number of carbonyl (C=O) groups excluding carboxylic acids is 1. The number of hydrogen-bond donors (Lipinski definition) is 0. The van der Waals surface area contributed by atoms with E-state index in [0.717, 1.165) is 30.1 Å². The molecule has 1 aliphatic heterocycles. The molecule has 1 aromatic heterocycles. The highest BCUT2D eigenvalue weighted by atomic mass is 19.4. The Bertz CT molecular complexity index is 746. The first-order chi connectivity index (χ1) is 11.4. The highest BCUT2D eigenvalue weighted by Gasteiger charge is 2.41. The third-order valence-electron chi connectivity index (χ3n) is 4.26. The van der Waals surface area contributed by atoms with Crippen LogP contribution in [0.4, 0.5) is 13.2 Å². The number of amides is 1. The molecule has 128 valence electrons. The van der Waals surface area contributed by atoms with Crippen LogP contribution < -0.4 is 0 Å². The second kappa shape index (κ2) is 6.30. The van der Waals surface area contributed by atoms with Crippen LogP contribution in [0.2, 0.25) is 0 Å². The van der Waals surface area contributed by atoms with Crippen LogP contribution in [0.5, 0.6) is 0 Å². The summed E-state index contributed by atoms with van der Waals surface area (Å²) in [6.45, 7) is 2.70. The van der Waals surface area contributed by atoms with E-state index in [-0.39, 0.29) is 5.56 Å². The number of alkyl halides is 3. The fourth-order valence-corrected chi connectivity index (χ4v) is 3.03. The summed E-state index contributed by atoms with van der Waals surface area (Å²) in [5.41, 5.74) is -0.411. The van der Waals surface area contributed by atoms with Crippen molar-refractivity contribution in [3.8, 4) is 5.69 Å². The summed E-state index contributed by atoms with van der Waals surface area (Å²) >= 11 is 0. The van der Waals surface area contributed by atoms with E-state index in [1.807, 2.05) is 0 Å². The number of piperidine rings is 1. The Balaban J connectivity index is 2.08. The third-order valence-corrected chi connectivity index (χ3v) is 4.26. The van der Waals surface area contributed by atoms with Gasteiger partial charge >= 0.3 is 6.18 Å². The zero-order valence-corrected chi connectivity index (χ0v) is 13.3. The minimum absolute atomic E-state index is 0.322. The van der Waals surface area contributed by atoms with Gasteiger partial charge in [0.15, 0.2) is 5.69 Å². The second-order valence-corrected chi connectivity index (χ2v) is 5.96. The minimum atomic E-state index is -4.67. The van der Waals surface area contributed by atoms with Gasteiger partial charge in [0.1, 0.15) is 0 Å². The standard InChI is InChI=1S/C17H18F3N3O/c1-12-7-3-4-8-14(12)23-15(17(18,19)20)13(11-21-23)16(24)22-9-5-2-6-10-22/h3-4,7-8,11H,2,5-6,9-10H2,1H3. The first-order valence-electron chi connectivity index (χ1n) is 7.90. The van der Waals surface area contributed by atoms with Crippen molar-refractivity contribution in [1.29, 1.82) is 0 Å². The summed E-state index contributed by atoms with van der Waals surface area (Å²) in [4.78, 5) is 14.1. The van der Waals surface area contributed by atoms with Gasteiger partial charge in [-0.25, -0.2) is 4.68 Å². The average molecular weight is 337 g/mol. The maximum Gasteiger partial charge on any atom is 0.434 e. The lowest BCUT2D eigenvalue weighted by Gasteiger charge is -2.27. The molecule has 7 heteroatoms. The van der Waals surface area contributed by atoms with Crippen LogP contribution in [0.15, 0.2) is 30.5 Å². The number of rotatable bonds is 2. The molecule has 1 amide bonds. The molecule has 0 saturated carbocycles. The Morgan fingerprint density at radius 1 is 1.12 bits per heavy atom. The molecule has 0 spiro atoms. The topological polar surface area (TPSA) is 38.1 Å². The second-order valence-electron chi connectivity index (χ2n) is 5.96. The highest BCUT2D eigenvalue weighted by molar-refractivity contribution is 5.95. The van der Waals surface area contributed by atoms with Crippen LogP contribution in [0.25, 0.3) is 5.69 Å². The normalized spacial score (nSPS) is 15.6. The van der Waals surface area contributed by atoms with Crippen LogP contribution in [0.1, 0.15) is 40.9 Å². The predicted molar refractivity (Wildman–Crippen MR) is 83.1 cm³/mol. The molecule has 0 atom stereocenters. The molecule has 1 fully saturated rings. The summed E-state index contributed by atoms with van der Waals surface area (Å²) in [6.07, 6.45) is -0.998. The Hall–Kier alpha value is -2.31. The van der Waals surface area contributed by atoms with Crippen molar-refractivity contribution in [2.75, 3.05) is 13.1 Å². The smallest absolute Gasteiger partial charge is 0.339 e. The van der Waals surface area contributed by atoms with E-state index in [9.17, 15) is 18.0 Å². The van der Waals surface area contributed by atoms with Crippen molar-refractivity contribution in [3.63, 3.8) is 0 Å². The van der Waals surface area contributed by atoms with Gasteiger partial charge in [-0.15, -0.1) is 0 Å². The quantitative estimate of drug-likeness (QED) is 0.835. The molecule has 0 unspecified atom stereocenters. The van der Waals surface area contributed by atoms with Crippen molar-refractivity contribution in [3.05, 3.63) is 47.3 Å². The Morgan fingerprint density at radius 3 is 2.42 bits per heavy atom. The predicted octanol–water partition coefficient (Wildman–Crippen LogP) is 3.83. The Morgan fingerprint density at radius 2 is 1.79 bits per heavy atom. The van der Waals surface area contributed by atoms with Crippen LogP contribution >= 0.6 is 0 Å². The fraction of sp³-hybridized carbons (Fsp3) is 0.412. The first-order valence-corrected chi connectivity index (χ1v) is 7.90. The maximum absolute atomic E-state index is 13.7. The van der Waals surface area contributed by atoms with E-state index in [0.29, 0.717) is 24.3 Å². The van der Waals surface area contributed by atoms with Crippen molar-refractivity contribution in [2.24, 2.45) is 0 Å². The van der Waals surface area contributed by atoms with Gasteiger partial charge in [0, 0.05) is 13.1 Å². The molecule has 3 rings (SSSR count). The number of aromatic nitrogens is 2. The van der Waals surface area contributed by atoms with E-state index in [2.05, 4.69) is 5.10 Å². The number of halogens is 3. The molecule has 0 radical (unpaired) electrons. The van der Waals surface area contributed by atoms with Gasteiger partial charge in [-0.05, 0) is 37.8 Å². The fourth-order valence-electron chi connectivity index (χ4n) is 3.03. The summed E-state index contributed by atoms with van der Waals surface area (Å²) < 4.78 is 41.8. The molecule has 2 aromatic rings. The minimum Gasteiger partial charge on any atom is -0.339 e. The van der Waals surface area contributed by atoms with E-state index in [4.69, 9.17) is 0 Å². The molecule has 0 N–H and O–H groups in total. The van der Waals surface area contributed by atoms with E-state index in [1.165, 1.54) is 4.90 Å². The number of benzene rings is 1. The monoisotopic (exact) mass is 337 g/mol. The summed E-state index contributed by atoms with van der Waals surface area (Å²) in [5.74, 6) is -0.596. The average Bonchev–Trinajstić information content (AvgIpc) is 3.00. The number of nitrogens with zero attached hydrogens (tertiary/aromatic N) is 3. The van der Waals surface area contributed by atoms with Gasteiger partial charge in [-0.2, -0.15) is 18.3 Å². The zero-order valence-electron chi connectivity index (χ0n) is 13.3. The maximum atomic E-state index is 13.7. The van der Waals surface area contributed by atoms with Gasteiger partial charge in [0.2, 0.25) is 0 Å². The Kier molecular flexibility index (Phi) is 4.34. The molecule has 4 nitrogen and oxygen atoms in total. The number of para-hydroxylation sites is 1. The van der Waals surface area contributed by atoms with E-state index >= 15 is 0 Å². The number of carbonyl (C=O) groups is 1. The molecule has 0 bridgehead atoms. The number of aryl methyl sites for hydroxylation is 1. The van der Waals surface area contributed by atoms with E-state index in [1.54, 1.807) is 31.2 Å². The van der Waals surface area contributed by atoms with Crippen LogP contribution in [-0.4, -0.2) is 33.7 Å². The molecule has 0 aliphatic carbocycles. The molecular formula is C17H18F3N3O. The SMILES string of the molecule is Cc1ccccc1-n1ncc(C(=O)N2CCCCC2)c1C(F)(F)F. The van der Waals surface area contributed by atoms with Crippen molar-refractivity contribution < 1.29 is 18.0 Å².